The van der Waals surface area contributed by atoms with Gasteiger partial charge in [0.2, 0.25) is 0 Å². The van der Waals surface area contributed by atoms with Crippen molar-refractivity contribution in [3.05, 3.63) is 360 Å². The molecule has 0 fully saturated rings. The second-order valence-corrected chi connectivity index (χ2v) is 21.9. The fourth-order valence-electron chi connectivity index (χ4n) is 12.8. The zero-order chi connectivity index (χ0) is 55.7. The summed E-state index contributed by atoms with van der Waals surface area (Å²) in [5.74, 6) is 0.591. The van der Waals surface area contributed by atoms with Crippen LogP contribution in [0.4, 0.5) is 39.8 Å². The van der Waals surface area contributed by atoms with Gasteiger partial charge >= 0.3 is 0 Å². The molecule has 0 saturated heterocycles. The third kappa shape index (κ3) is 10.7. The Labute approximate surface area is 485 Å². The van der Waals surface area contributed by atoms with E-state index in [1.807, 2.05) is 37.4 Å². The number of rotatable bonds is 11. The van der Waals surface area contributed by atoms with E-state index in [0.717, 1.165) is 59.1 Å². The summed E-state index contributed by atoms with van der Waals surface area (Å²) >= 11 is 0. The molecule has 1 N–H and O–H groups in total. The largest absolute Gasteiger partial charge is 0.388 e. The molecule has 2 spiro atoms. The molecular weight excluding hydrogens is 991 g/mol. The van der Waals surface area contributed by atoms with Gasteiger partial charge in [-0.25, -0.2) is 0 Å². The molecule has 0 saturated carbocycles. The summed E-state index contributed by atoms with van der Waals surface area (Å²) in [6, 6.07) is 107. The van der Waals surface area contributed by atoms with E-state index in [4.69, 9.17) is 0 Å². The van der Waals surface area contributed by atoms with Crippen molar-refractivity contribution < 1.29 is 0 Å². The third-order valence-corrected chi connectivity index (χ3v) is 16.7. The van der Waals surface area contributed by atoms with Crippen LogP contribution in [0, 0.1) is 6.92 Å². The monoisotopic (exact) mass is 1060 g/mol. The predicted octanol–water partition coefficient (Wildman–Crippen LogP) is 20.7. The van der Waals surface area contributed by atoms with E-state index in [9.17, 15) is 0 Å². The molecule has 2 unspecified atom stereocenters. The molecule has 0 radical (unpaired) electrons. The standard InChI is InChI=1S/C57H44N2.C15H16.C7H9N/c1-41-27-32-52-55(37-41)57(40-56(52)35-33-43(34-36-56)42-17-7-2-8-18-42)53-38-48(58(44-19-9-3-10-20-44)45-21-11-4-12-22-45)28-30-50(53)51-31-29-49(39-54(51)57)59(46-23-13-5-14-24-46)47-25-15-6-16-26-47;1-13(15-10-6-3-7-11-15)12-14-8-4-2-5-9-14;1-8-7-5-3-2-4-6-7/h2-35,37-39H,36,40H2,1H3;2-11,13H,12H2,1H3;2-6,8H,1H3. The number of nitrogens with one attached hydrogen (secondary N) is 1. The normalized spacial score (nSPS) is 15.1. The summed E-state index contributed by atoms with van der Waals surface area (Å²) in [4.78, 5) is 4.82. The van der Waals surface area contributed by atoms with E-state index in [-0.39, 0.29) is 5.41 Å². The first kappa shape index (κ1) is 53.0. The van der Waals surface area contributed by atoms with Crippen molar-refractivity contribution in [1.29, 1.82) is 0 Å². The molecule has 0 aliphatic heterocycles. The second-order valence-electron chi connectivity index (χ2n) is 21.9. The van der Waals surface area contributed by atoms with Crippen LogP contribution < -0.4 is 15.1 Å². The molecule has 11 aromatic rings. The van der Waals surface area contributed by atoms with Gasteiger partial charge in [-0.1, -0.05) is 243 Å². The van der Waals surface area contributed by atoms with Crippen molar-refractivity contribution in [2.45, 2.75) is 49.9 Å². The number of nitrogens with zero attached hydrogens (tertiary/aromatic N) is 2. The molecule has 3 aliphatic rings. The van der Waals surface area contributed by atoms with Gasteiger partial charge in [-0.05, 0) is 173 Å². The van der Waals surface area contributed by atoms with Crippen LogP contribution in [0.1, 0.15) is 70.2 Å². The lowest BCUT2D eigenvalue weighted by Crippen LogP contribution is -2.29. The van der Waals surface area contributed by atoms with Gasteiger partial charge in [-0.2, -0.15) is 0 Å². The highest BCUT2D eigenvalue weighted by Crippen LogP contribution is 2.66. The molecule has 0 heterocycles. The maximum absolute atomic E-state index is 3.03. The number of para-hydroxylation sites is 5. The fraction of sp³-hybridized carbons (Fsp3) is 0.114. The van der Waals surface area contributed by atoms with Crippen LogP contribution in [0.15, 0.2) is 315 Å². The van der Waals surface area contributed by atoms with Gasteiger partial charge in [0.25, 0.3) is 0 Å². The van der Waals surface area contributed by atoms with Crippen LogP contribution in [0.25, 0.3) is 16.7 Å². The zero-order valence-electron chi connectivity index (χ0n) is 47.1. The highest BCUT2D eigenvalue weighted by atomic mass is 15.1. The first-order valence-electron chi connectivity index (χ1n) is 28.9. The Kier molecular flexibility index (Phi) is 15.5. The van der Waals surface area contributed by atoms with Gasteiger partial charge in [0, 0.05) is 57.7 Å². The van der Waals surface area contributed by atoms with Crippen molar-refractivity contribution in [2.75, 3.05) is 22.2 Å². The van der Waals surface area contributed by atoms with Crippen LogP contribution in [0.3, 0.4) is 0 Å². The van der Waals surface area contributed by atoms with E-state index in [0.29, 0.717) is 5.92 Å². The van der Waals surface area contributed by atoms with Gasteiger partial charge in [0.05, 0.1) is 0 Å². The summed E-state index contributed by atoms with van der Waals surface area (Å²) in [5, 5.41) is 3.03. The Balaban J connectivity index is 0.000000239. The molecule has 0 aromatic heterocycles. The van der Waals surface area contributed by atoms with Crippen molar-refractivity contribution in [3.8, 4) is 11.1 Å². The summed E-state index contributed by atoms with van der Waals surface area (Å²) < 4.78 is 0. The number of hydrogen-bond donors (Lipinski definition) is 1. The predicted molar refractivity (Wildman–Crippen MR) is 348 cm³/mol. The number of anilines is 7. The quantitative estimate of drug-likeness (QED) is 0.139. The average molecular weight is 1060 g/mol. The lowest BCUT2D eigenvalue weighted by Gasteiger charge is -2.35. The van der Waals surface area contributed by atoms with E-state index in [2.05, 4.69) is 314 Å². The van der Waals surface area contributed by atoms with Gasteiger partial charge in [0.15, 0.2) is 0 Å². The second kappa shape index (κ2) is 23.9. The van der Waals surface area contributed by atoms with Gasteiger partial charge in [-0.3, -0.25) is 0 Å². The number of allylic oxidation sites excluding steroid dienone is 4. The molecule has 3 aliphatic carbocycles. The summed E-state index contributed by atoms with van der Waals surface area (Å²) in [7, 11) is 1.91. The Morgan fingerprint density at radius 2 is 0.866 bits per heavy atom. The Morgan fingerprint density at radius 1 is 0.427 bits per heavy atom. The minimum Gasteiger partial charge on any atom is -0.388 e. The van der Waals surface area contributed by atoms with Crippen molar-refractivity contribution in [3.63, 3.8) is 0 Å². The molecule has 11 aromatic carbocycles. The molecule has 400 valence electrons. The molecule has 2 atom stereocenters. The molecule has 0 amide bonds. The number of fused-ring (bicyclic) bond motifs is 8. The molecule has 82 heavy (non-hydrogen) atoms. The fourth-order valence-corrected chi connectivity index (χ4v) is 12.8. The highest BCUT2D eigenvalue weighted by molar-refractivity contribution is 5.91. The lowest BCUT2D eigenvalue weighted by molar-refractivity contribution is 0.460. The first-order chi connectivity index (χ1) is 40.4. The minimum atomic E-state index is -0.404. The highest BCUT2D eigenvalue weighted by Gasteiger charge is 2.57. The van der Waals surface area contributed by atoms with Crippen molar-refractivity contribution in [1.82, 2.24) is 0 Å². The molecule has 14 rings (SSSR count). The van der Waals surface area contributed by atoms with Crippen LogP contribution >= 0.6 is 0 Å². The molecule has 0 bridgehead atoms. The van der Waals surface area contributed by atoms with E-state index >= 15 is 0 Å². The van der Waals surface area contributed by atoms with Crippen LogP contribution in [0.2, 0.25) is 0 Å². The molecule has 3 nitrogen and oxygen atoms in total. The number of aryl methyl sites for hydroxylation is 1. The first-order valence-corrected chi connectivity index (χ1v) is 28.9. The van der Waals surface area contributed by atoms with E-state index < -0.39 is 5.41 Å². The number of benzene rings is 11. The number of hydrogen-bond acceptors (Lipinski definition) is 3. The summed E-state index contributed by atoms with van der Waals surface area (Å²) in [6.07, 6.45) is 10.4. The maximum Gasteiger partial charge on any atom is 0.0479 e. The lowest BCUT2D eigenvalue weighted by atomic mass is 9.68. The smallest absolute Gasteiger partial charge is 0.0479 e. The third-order valence-electron chi connectivity index (χ3n) is 16.7. The van der Waals surface area contributed by atoms with E-state index in [1.165, 1.54) is 61.2 Å². The SMILES string of the molecule is CC(Cc1ccccc1)c1ccccc1.CNc1ccccc1.Cc1ccc2c(c1)C1(CC23C=CC(c2ccccc2)=CC3)c2cc(N(c3ccccc3)c3ccccc3)ccc2-c2ccc(N(c3ccccc3)c3ccccc3)cc21. The van der Waals surface area contributed by atoms with Crippen LogP contribution in [-0.4, -0.2) is 7.05 Å². The van der Waals surface area contributed by atoms with Crippen molar-refractivity contribution >= 4 is 45.4 Å². The maximum atomic E-state index is 3.03. The van der Waals surface area contributed by atoms with Crippen LogP contribution in [-0.2, 0) is 17.3 Å². The van der Waals surface area contributed by atoms with E-state index in [1.54, 1.807) is 0 Å². The Bertz CT molecular complexity index is 3730. The Hall–Kier alpha value is -9.70. The molecule has 3 heteroatoms. The van der Waals surface area contributed by atoms with Gasteiger partial charge < -0.3 is 15.1 Å². The molecular formula is C79H69N3. The topological polar surface area (TPSA) is 18.5 Å². The van der Waals surface area contributed by atoms with Crippen molar-refractivity contribution in [2.24, 2.45) is 0 Å². The summed E-state index contributed by atoms with van der Waals surface area (Å²) in [6.45, 7) is 4.54. The van der Waals surface area contributed by atoms with Gasteiger partial charge in [-0.15, -0.1) is 0 Å². The summed E-state index contributed by atoms with van der Waals surface area (Å²) in [5.41, 5.74) is 22.4. The van der Waals surface area contributed by atoms with Crippen LogP contribution in [0.5, 0.6) is 0 Å². The minimum absolute atomic E-state index is 0.177. The van der Waals surface area contributed by atoms with Gasteiger partial charge in [0.1, 0.15) is 0 Å². The average Bonchev–Trinajstić information content (AvgIpc) is 2.16. The zero-order valence-corrected chi connectivity index (χ0v) is 47.1. The Morgan fingerprint density at radius 3 is 1.30 bits per heavy atom.